The van der Waals surface area contributed by atoms with Gasteiger partial charge in [0, 0.05) is 13.0 Å². The standard InChI is InChI=1S/C16H22N6O2.ClH/c1-17-9-5-8-14(23)20-16-19-12-22(21-16)11-15(24)18-10-13-6-3-2-4-7-13;/h2-4,6-7,12,17H,5,8-11H2,1H3,(H,18,24)(H,20,21,23);1H. The number of amides is 2. The lowest BCUT2D eigenvalue weighted by atomic mass is 10.2. The molecule has 0 fully saturated rings. The van der Waals surface area contributed by atoms with Crippen molar-refractivity contribution in [3.05, 3.63) is 42.2 Å². The van der Waals surface area contributed by atoms with Gasteiger partial charge in [-0.2, -0.15) is 0 Å². The fraction of sp³-hybridized carbons (Fsp3) is 0.375. The van der Waals surface area contributed by atoms with Crippen LogP contribution in [0, 0.1) is 0 Å². The van der Waals surface area contributed by atoms with E-state index in [-0.39, 0.29) is 36.7 Å². The number of nitrogens with one attached hydrogen (secondary N) is 3. The topological polar surface area (TPSA) is 101 Å². The van der Waals surface area contributed by atoms with Gasteiger partial charge in [0.1, 0.15) is 12.9 Å². The maximum absolute atomic E-state index is 11.9. The number of halogens is 1. The largest absolute Gasteiger partial charge is 0.350 e. The second kappa shape index (κ2) is 11.2. The molecule has 2 aromatic rings. The Labute approximate surface area is 152 Å². The normalized spacial score (nSPS) is 9.96. The molecule has 25 heavy (non-hydrogen) atoms. The van der Waals surface area contributed by atoms with E-state index in [2.05, 4.69) is 26.0 Å². The average Bonchev–Trinajstić information content (AvgIpc) is 3.01. The highest BCUT2D eigenvalue weighted by molar-refractivity contribution is 5.88. The van der Waals surface area contributed by atoms with Crippen molar-refractivity contribution < 1.29 is 9.59 Å². The second-order valence-electron chi connectivity index (χ2n) is 5.28. The molecule has 8 nitrogen and oxygen atoms in total. The third-order valence-electron chi connectivity index (χ3n) is 3.26. The molecule has 0 spiro atoms. The number of benzene rings is 1. The molecular weight excluding hydrogens is 344 g/mol. The van der Waals surface area contributed by atoms with E-state index in [9.17, 15) is 9.59 Å². The van der Waals surface area contributed by atoms with Crippen LogP contribution in [0.2, 0.25) is 0 Å². The van der Waals surface area contributed by atoms with Gasteiger partial charge in [-0.3, -0.25) is 14.9 Å². The molecule has 1 heterocycles. The molecule has 136 valence electrons. The van der Waals surface area contributed by atoms with Crippen LogP contribution in [0.5, 0.6) is 0 Å². The molecule has 0 radical (unpaired) electrons. The average molecular weight is 367 g/mol. The van der Waals surface area contributed by atoms with Gasteiger partial charge in [-0.1, -0.05) is 30.3 Å². The minimum atomic E-state index is -0.171. The molecule has 0 saturated heterocycles. The van der Waals surface area contributed by atoms with Crippen molar-refractivity contribution in [3.8, 4) is 0 Å². The van der Waals surface area contributed by atoms with E-state index < -0.39 is 0 Å². The van der Waals surface area contributed by atoms with Gasteiger partial charge in [0.2, 0.25) is 17.8 Å². The zero-order valence-corrected chi connectivity index (χ0v) is 14.9. The Kier molecular flexibility index (Phi) is 9.20. The summed E-state index contributed by atoms with van der Waals surface area (Å²) in [4.78, 5) is 27.5. The summed E-state index contributed by atoms with van der Waals surface area (Å²) in [7, 11) is 1.84. The van der Waals surface area contributed by atoms with Crippen molar-refractivity contribution in [3.63, 3.8) is 0 Å². The molecule has 0 unspecified atom stereocenters. The minimum absolute atomic E-state index is 0. The molecule has 0 aliphatic carbocycles. The number of anilines is 1. The molecule has 9 heteroatoms. The van der Waals surface area contributed by atoms with Gasteiger partial charge in [0.25, 0.3) is 0 Å². The van der Waals surface area contributed by atoms with Gasteiger partial charge < -0.3 is 10.6 Å². The lowest BCUT2D eigenvalue weighted by Crippen LogP contribution is -2.27. The van der Waals surface area contributed by atoms with Crippen LogP contribution in [0.25, 0.3) is 0 Å². The summed E-state index contributed by atoms with van der Waals surface area (Å²) in [6.07, 6.45) is 2.56. The summed E-state index contributed by atoms with van der Waals surface area (Å²) >= 11 is 0. The van der Waals surface area contributed by atoms with Crippen LogP contribution in [0.15, 0.2) is 36.7 Å². The van der Waals surface area contributed by atoms with Crippen LogP contribution in [0.1, 0.15) is 18.4 Å². The predicted molar refractivity (Wildman–Crippen MR) is 97.3 cm³/mol. The van der Waals surface area contributed by atoms with Gasteiger partial charge >= 0.3 is 0 Å². The van der Waals surface area contributed by atoms with E-state index in [0.717, 1.165) is 18.5 Å². The molecule has 0 aliphatic heterocycles. The molecule has 0 bridgehead atoms. The van der Waals surface area contributed by atoms with Crippen molar-refractivity contribution in [2.24, 2.45) is 0 Å². The van der Waals surface area contributed by atoms with Crippen LogP contribution in [-0.4, -0.2) is 40.2 Å². The Bertz CT molecular complexity index is 662. The molecule has 0 atom stereocenters. The van der Waals surface area contributed by atoms with Crippen molar-refractivity contribution in [2.75, 3.05) is 18.9 Å². The van der Waals surface area contributed by atoms with Crippen LogP contribution < -0.4 is 16.0 Å². The van der Waals surface area contributed by atoms with E-state index in [1.54, 1.807) is 0 Å². The maximum atomic E-state index is 11.9. The third kappa shape index (κ3) is 7.77. The molecule has 1 aromatic heterocycles. The van der Waals surface area contributed by atoms with Gasteiger partial charge in [-0.25, -0.2) is 9.67 Å². The van der Waals surface area contributed by atoms with E-state index in [4.69, 9.17) is 0 Å². The number of hydrogen-bond acceptors (Lipinski definition) is 5. The maximum Gasteiger partial charge on any atom is 0.248 e. The lowest BCUT2D eigenvalue weighted by molar-refractivity contribution is -0.122. The molecule has 0 aliphatic rings. The first kappa shape index (κ1) is 20.6. The number of aromatic nitrogens is 3. The summed E-state index contributed by atoms with van der Waals surface area (Å²) in [5, 5.41) is 12.5. The lowest BCUT2D eigenvalue weighted by Gasteiger charge is -2.05. The van der Waals surface area contributed by atoms with Gasteiger partial charge in [-0.15, -0.1) is 17.5 Å². The Morgan fingerprint density at radius 2 is 1.92 bits per heavy atom. The molecule has 0 saturated carbocycles. The number of hydrogen-bond donors (Lipinski definition) is 3. The highest BCUT2D eigenvalue weighted by Crippen LogP contribution is 2.00. The SMILES string of the molecule is CNCCCC(=O)Nc1ncn(CC(=O)NCc2ccccc2)n1.Cl. The number of carbonyl (C=O) groups excluding carboxylic acids is 2. The first-order chi connectivity index (χ1) is 11.7. The predicted octanol–water partition coefficient (Wildman–Crippen LogP) is 0.954. The van der Waals surface area contributed by atoms with Crippen molar-refractivity contribution in [1.29, 1.82) is 0 Å². The first-order valence-electron chi connectivity index (χ1n) is 7.82. The smallest absolute Gasteiger partial charge is 0.248 e. The van der Waals surface area contributed by atoms with Crippen molar-refractivity contribution >= 4 is 30.2 Å². The number of rotatable bonds is 9. The number of nitrogens with zero attached hydrogens (tertiary/aromatic N) is 3. The zero-order chi connectivity index (χ0) is 17.2. The van der Waals surface area contributed by atoms with Gasteiger partial charge in [0.05, 0.1) is 0 Å². The highest BCUT2D eigenvalue weighted by Gasteiger charge is 2.08. The highest BCUT2D eigenvalue weighted by atomic mass is 35.5. The Morgan fingerprint density at radius 1 is 1.16 bits per heavy atom. The van der Waals surface area contributed by atoms with E-state index >= 15 is 0 Å². The molecule has 2 amide bonds. The summed E-state index contributed by atoms with van der Waals surface area (Å²) in [6, 6.07) is 9.65. The Hall–Kier alpha value is -2.45. The third-order valence-corrected chi connectivity index (χ3v) is 3.26. The van der Waals surface area contributed by atoms with Crippen molar-refractivity contribution in [1.82, 2.24) is 25.4 Å². The van der Waals surface area contributed by atoms with Crippen LogP contribution in [0.3, 0.4) is 0 Å². The molecule has 2 rings (SSSR count). The summed E-state index contributed by atoms with van der Waals surface area (Å²) in [5.41, 5.74) is 1.03. The molecule has 1 aromatic carbocycles. The van der Waals surface area contributed by atoms with Gasteiger partial charge in [-0.05, 0) is 25.6 Å². The van der Waals surface area contributed by atoms with E-state index in [0.29, 0.717) is 13.0 Å². The van der Waals surface area contributed by atoms with Crippen LogP contribution in [-0.2, 0) is 22.7 Å². The zero-order valence-electron chi connectivity index (χ0n) is 14.1. The summed E-state index contributed by atoms with van der Waals surface area (Å²) in [6.45, 7) is 1.29. The fourth-order valence-electron chi connectivity index (χ4n) is 2.04. The van der Waals surface area contributed by atoms with Crippen LogP contribution in [0.4, 0.5) is 5.95 Å². The Morgan fingerprint density at radius 3 is 2.64 bits per heavy atom. The quantitative estimate of drug-likeness (QED) is 0.574. The van der Waals surface area contributed by atoms with Crippen LogP contribution >= 0.6 is 12.4 Å². The summed E-state index contributed by atoms with van der Waals surface area (Å²) in [5.74, 6) is -0.104. The Balaban J connectivity index is 0.00000312. The monoisotopic (exact) mass is 366 g/mol. The summed E-state index contributed by atoms with van der Waals surface area (Å²) < 4.78 is 1.39. The minimum Gasteiger partial charge on any atom is -0.350 e. The van der Waals surface area contributed by atoms with E-state index in [1.807, 2.05) is 37.4 Å². The molecular formula is C16H23ClN6O2. The van der Waals surface area contributed by atoms with Gasteiger partial charge in [0.15, 0.2) is 0 Å². The van der Waals surface area contributed by atoms with E-state index in [1.165, 1.54) is 11.0 Å². The second-order valence-corrected chi connectivity index (χ2v) is 5.28. The number of carbonyl (C=O) groups is 2. The first-order valence-corrected chi connectivity index (χ1v) is 7.82. The van der Waals surface area contributed by atoms with Crippen molar-refractivity contribution in [2.45, 2.75) is 25.9 Å². The fourth-order valence-corrected chi connectivity index (χ4v) is 2.04. The molecule has 3 N–H and O–H groups in total.